The average Bonchev–Trinajstić information content (AvgIpc) is 2.95. The lowest BCUT2D eigenvalue weighted by molar-refractivity contribution is -0.150. The Bertz CT molecular complexity index is 543. The van der Waals surface area contributed by atoms with Gasteiger partial charge in [0, 0.05) is 6.42 Å². The van der Waals surface area contributed by atoms with Crippen LogP contribution in [0.3, 0.4) is 0 Å². The van der Waals surface area contributed by atoms with Crippen molar-refractivity contribution in [2.75, 3.05) is 0 Å². The van der Waals surface area contributed by atoms with E-state index in [0.717, 1.165) is 38.5 Å². The minimum Gasteiger partial charge on any atom is -0.481 e. The van der Waals surface area contributed by atoms with Gasteiger partial charge in [-0.2, -0.15) is 0 Å². The van der Waals surface area contributed by atoms with Crippen LogP contribution < -0.4 is 0 Å². The zero-order valence-electron chi connectivity index (χ0n) is 27.8. The number of rotatable bonds is 34. The number of hydrogen-bond donors (Lipinski definition) is 2. The maximum Gasteiger partial charge on any atom is 0.309 e. The molecule has 0 aromatic carbocycles. The molecule has 0 bridgehead atoms. The van der Waals surface area contributed by atoms with Crippen LogP contribution in [-0.4, -0.2) is 22.2 Å². The first-order valence-corrected chi connectivity index (χ1v) is 18.4. The summed E-state index contributed by atoms with van der Waals surface area (Å²) in [6, 6.07) is 0. The minimum atomic E-state index is -0.779. The van der Waals surface area contributed by atoms with Crippen molar-refractivity contribution in [2.24, 2.45) is 5.41 Å². The van der Waals surface area contributed by atoms with Crippen LogP contribution in [0.1, 0.15) is 219 Å². The van der Waals surface area contributed by atoms with Crippen LogP contribution in [0.2, 0.25) is 0 Å². The molecule has 0 spiro atoms. The molecule has 0 aliphatic heterocycles. The number of carboxylic acid groups (broad SMARTS) is 2. The molecule has 0 aliphatic rings. The molecule has 0 fully saturated rings. The predicted octanol–water partition coefficient (Wildman–Crippen LogP) is 12.7. The summed E-state index contributed by atoms with van der Waals surface area (Å²) in [5.74, 6) is -1.43. The van der Waals surface area contributed by atoms with Crippen molar-refractivity contribution < 1.29 is 19.8 Å². The summed E-state index contributed by atoms with van der Waals surface area (Å²) in [6.07, 6.45) is 37.3. The summed E-state index contributed by atoms with van der Waals surface area (Å²) in [5.41, 5.74) is -0.659. The Balaban J connectivity index is 4.21. The normalized spacial score (nSPS) is 11.8. The lowest BCUT2D eigenvalue weighted by atomic mass is 9.74. The van der Waals surface area contributed by atoms with Gasteiger partial charge in [-0.1, -0.05) is 187 Å². The molecule has 0 saturated carbocycles. The highest BCUT2D eigenvalue weighted by Crippen LogP contribution is 2.38. The Hall–Kier alpha value is -1.06. The van der Waals surface area contributed by atoms with Gasteiger partial charge < -0.3 is 10.2 Å². The molecule has 4 heteroatoms. The minimum absolute atomic E-state index is 0.146. The van der Waals surface area contributed by atoms with Crippen molar-refractivity contribution in [3.8, 4) is 0 Å². The Morgan fingerprint density at radius 3 is 0.878 bits per heavy atom. The molecule has 0 atom stereocenters. The fourth-order valence-corrected chi connectivity index (χ4v) is 6.40. The van der Waals surface area contributed by atoms with Crippen LogP contribution in [0.25, 0.3) is 0 Å². The monoisotopic (exact) mass is 581 g/mol. The Labute approximate surface area is 256 Å². The summed E-state index contributed by atoms with van der Waals surface area (Å²) in [6.45, 7) is 4.54. The van der Waals surface area contributed by atoms with Crippen LogP contribution in [0, 0.1) is 5.41 Å². The molecule has 41 heavy (non-hydrogen) atoms. The second-order valence-corrected chi connectivity index (χ2v) is 13.2. The van der Waals surface area contributed by atoms with Crippen LogP contribution in [0.5, 0.6) is 0 Å². The third-order valence-electron chi connectivity index (χ3n) is 9.27. The molecule has 0 radical (unpaired) electrons. The maximum atomic E-state index is 12.5. The van der Waals surface area contributed by atoms with Gasteiger partial charge in [0.15, 0.2) is 0 Å². The van der Waals surface area contributed by atoms with Crippen molar-refractivity contribution in [3.63, 3.8) is 0 Å². The van der Waals surface area contributed by atoms with Crippen LogP contribution in [-0.2, 0) is 9.59 Å². The van der Waals surface area contributed by atoms with Crippen molar-refractivity contribution >= 4 is 11.9 Å². The highest BCUT2D eigenvalue weighted by atomic mass is 16.4. The first-order valence-electron chi connectivity index (χ1n) is 18.4. The van der Waals surface area contributed by atoms with Crippen molar-refractivity contribution in [1.29, 1.82) is 0 Å². The fraction of sp³-hybridized carbons (Fsp3) is 0.946. The third kappa shape index (κ3) is 26.3. The highest BCUT2D eigenvalue weighted by Gasteiger charge is 2.36. The standard InChI is InChI=1S/C37H72O4/c1-3-5-7-9-11-13-15-17-19-21-23-25-28-32-37(36(40)41,34-30-27-31-35(38)39)33-29-26-24-22-20-18-16-14-12-10-8-6-4-2/h3-34H2,1-2H3,(H,38,39)(H,40,41). The van der Waals surface area contributed by atoms with Gasteiger partial charge >= 0.3 is 11.9 Å². The lowest BCUT2D eigenvalue weighted by Gasteiger charge is -2.30. The molecule has 0 unspecified atom stereocenters. The van der Waals surface area contributed by atoms with Crippen molar-refractivity contribution in [3.05, 3.63) is 0 Å². The van der Waals surface area contributed by atoms with E-state index in [1.807, 2.05) is 0 Å². The molecule has 244 valence electrons. The quantitative estimate of drug-likeness (QED) is 0.0742. The topological polar surface area (TPSA) is 74.6 Å². The van der Waals surface area contributed by atoms with Crippen molar-refractivity contribution in [2.45, 2.75) is 219 Å². The number of unbranched alkanes of at least 4 members (excludes halogenated alkanes) is 25. The van der Waals surface area contributed by atoms with Gasteiger partial charge in [-0.3, -0.25) is 9.59 Å². The van der Waals surface area contributed by atoms with E-state index in [9.17, 15) is 14.7 Å². The molecular formula is C37H72O4. The smallest absolute Gasteiger partial charge is 0.309 e. The van der Waals surface area contributed by atoms with Gasteiger partial charge in [-0.15, -0.1) is 0 Å². The summed E-state index contributed by atoms with van der Waals surface area (Å²) in [7, 11) is 0. The van der Waals surface area contributed by atoms with E-state index >= 15 is 0 Å². The van der Waals surface area contributed by atoms with E-state index in [-0.39, 0.29) is 6.42 Å². The van der Waals surface area contributed by atoms with Gasteiger partial charge in [0.2, 0.25) is 0 Å². The second-order valence-electron chi connectivity index (χ2n) is 13.2. The van der Waals surface area contributed by atoms with Crippen molar-refractivity contribution in [1.82, 2.24) is 0 Å². The van der Waals surface area contributed by atoms with E-state index in [2.05, 4.69) is 13.8 Å². The fourth-order valence-electron chi connectivity index (χ4n) is 6.40. The predicted molar refractivity (Wildman–Crippen MR) is 177 cm³/mol. The molecule has 0 aliphatic carbocycles. The molecule has 4 nitrogen and oxygen atoms in total. The van der Waals surface area contributed by atoms with E-state index in [0.29, 0.717) is 19.3 Å². The van der Waals surface area contributed by atoms with Gasteiger partial charge in [-0.25, -0.2) is 0 Å². The number of carbonyl (C=O) groups is 2. The molecular weight excluding hydrogens is 508 g/mol. The number of carboxylic acids is 2. The number of aliphatic carboxylic acids is 2. The lowest BCUT2D eigenvalue weighted by Crippen LogP contribution is -2.31. The Morgan fingerprint density at radius 2 is 0.634 bits per heavy atom. The molecule has 0 aromatic heterocycles. The Kier molecular flexibility index (Phi) is 29.6. The van der Waals surface area contributed by atoms with E-state index in [1.54, 1.807) is 0 Å². The molecule has 0 saturated heterocycles. The molecule has 2 N–H and O–H groups in total. The van der Waals surface area contributed by atoms with Crippen LogP contribution >= 0.6 is 0 Å². The van der Waals surface area contributed by atoms with Gasteiger partial charge in [-0.05, 0) is 25.7 Å². The third-order valence-corrected chi connectivity index (χ3v) is 9.27. The average molecular weight is 581 g/mol. The summed E-state index contributed by atoms with van der Waals surface area (Å²) in [5, 5.41) is 19.3. The van der Waals surface area contributed by atoms with Gasteiger partial charge in [0.1, 0.15) is 0 Å². The van der Waals surface area contributed by atoms with Crippen LogP contribution in [0.4, 0.5) is 0 Å². The first kappa shape index (κ1) is 39.9. The zero-order valence-corrected chi connectivity index (χ0v) is 27.8. The van der Waals surface area contributed by atoms with Gasteiger partial charge in [0.05, 0.1) is 5.41 Å². The van der Waals surface area contributed by atoms with E-state index in [4.69, 9.17) is 5.11 Å². The SMILES string of the molecule is CCCCCCCCCCCCCCCC(CCCCCCCCCCCCCCC)(CCCCC(=O)O)C(=O)O. The highest BCUT2D eigenvalue weighted by molar-refractivity contribution is 5.74. The van der Waals surface area contributed by atoms with E-state index < -0.39 is 17.4 Å². The molecule has 0 amide bonds. The van der Waals surface area contributed by atoms with E-state index in [1.165, 1.54) is 141 Å². The zero-order chi connectivity index (χ0) is 30.3. The van der Waals surface area contributed by atoms with Crippen LogP contribution in [0.15, 0.2) is 0 Å². The van der Waals surface area contributed by atoms with Gasteiger partial charge in [0.25, 0.3) is 0 Å². The largest absolute Gasteiger partial charge is 0.481 e. The Morgan fingerprint density at radius 1 is 0.390 bits per heavy atom. The maximum absolute atomic E-state index is 12.5. The number of hydrogen-bond acceptors (Lipinski definition) is 2. The molecule has 0 aromatic rings. The summed E-state index contributed by atoms with van der Waals surface area (Å²) < 4.78 is 0. The first-order chi connectivity index (χ1) is 20.0. The summed E-state index contributed by atoms with van der Waals surface area (Å²) >= 11 is 0. The molecule has 0 heterocycles. The molecule has 0 rings (SSSR count). The summed E-state index contributed by atoms with van der Waals surface area (Å²) in [4.78, 5) is 23.5. The second kappa shape index (κ2) is 30.4.